The van der Waals surface area contributed by atoms with E-state index in [4.69, 9.17) is 0 Å². The van der Waals surface area contributed by atoms with Crippen molar-refractivity contribution in [3.8, 4) is 0 Å². The summed E-state index contributed by atoms with van der Waals surface area (Å²) in [5.41, 5.74) is 0.604. The zero-order valence-corrected chi connectivity index (χ0v) is 12.2. The highest BCUT2D eigenvalue weighted by atomic mass is 16.4. The van der Waals surface area contributed by atoms with Crippen LogP contribution >= 0.6 is 0 Å². The van der Waals surface area contributed by atoms with E-state index in [0.29, 0.717) is 6.42 Å². The Balaban J connectivity index is 2.00. The van der Waals surface area contributed by atoms with Crippen molar-refractivity contribution < 1.29 is 9.90 Å². The van der Waals surface area contributed by atoms with Crippen molar-refractivity contribution in [2.75, 3.05) is 0 Å². The Morgan fingerprint density at radius 3 is 2.50 bits per heavy atom. The molecule has 0 unspecified atom stereocenters. The Morgan fingerprint density at radius 2 is 1.95 bits per heavy atom. The first kappa shape index (κ1) is 14.8. The van der Waals surface area contributed by atoms with Gasteiger partial charge < -0.3 is 5.11 Å². The molecule has 0 bridgehead atoms. The molecule has 2 rings (SSSR count). The lowest BCUT2D eigenvalue weighted by Gasteiger charge is -2.36. The van der Waals surface area contributed by atoms with Crippen LogP contribution in [-0.2, 0) is 4.79 Å². The Hall–Kier alpha value is -1.57. The predicted molar refractivity (Wildman–Crippen MR) is 82.4 cm³/mol. The van der Waals surface area contributed by atoms with Gasteiger partial charge >= 0.3 is 5.97 Å². The molecule has 1 aromatic rings. The molecule has 2 nitrogen and oxygen atoms in total. The summed E-state index contributed by atoms with van der Waals surface area (Å²) in [7, 11) is 0. The van der Waals surface area contributed by atoms with Crippen molar-refractivity contribution in [3.63, 3.8) is 0 Å². The van der Waals surface area contributed by atoms with Gasteiger partial charge in [0, 0.05) is 0 Å². The first-order valence-corrected chi connectivity index (χ1v) is 7.61. The van der Waals surface area contributed by atoms with Crippen LogP contribution in [0.15, 0.2) is 36.4 Å². The summed E-state index contributed by atoms with van der Waals surface area (Å²) in [6, 6.07) is 10.1. The van der Waals surface area contributed by atoms with Crippen LogP contribution in [-0.4, -0.2) is 11.1 Å². The fraction of sp³-hybridized carbons (Fsp3) is 0.500. The SMILES string of the molecule is CCC1CCC(CC=Cc2ccccc2)(C(=O)O)CC1. The molecule has 0 spiro atoms. The van der Waals surface area contributed by atoms with Gasteiger partial charge in [0.1, 0.15) is 0 Å². The average molecular weight is 272 g/mol. The first-order chi connectivity index (χ1) is 9.66. The number of aliphatic carboxylic acids is 1. The van der Waals surface area contributed by atoms with Crippen molar-refractivity contribution >= 4 is 12.0 Å². The predicted octanol–water partition coefficient (Wildman–Crippen LogP) is 4.76. The Morgan fingerprint density at radius 1 is 1.30 bits per heavy atom. The van der Waals surface area contributed by atoms with Crippen LogP contribution < -0.4 is 0 Å². The Labute approximate surface area is 121 Å². The number of hydrogen-bond acceptors (Lipinski definition) is 1. The van der Waals surface area contributed by atoms with E-state index in [9.17, 15) is 9.90 Å². The maximum Gasteiger partial charge on any atom is 0.309 e. The number of rotatable bonds is 5. The normalized spacial score (nSPS) is 26.8. The van der Waals surface area contributed by atoms with E-state index in [-0.39, 0.29) is 0 Å². The van der Waals surface area contributed by atoms with E-state index in [0.717, 1.165) is 37.2 Å². The minimum atomic E-state index is -0.621. The third kappa shape index (κ3) is 3.50. The van der Waals surface area contributed by atoms with Gasteiger partial charge in [-0.05, 0) is 43.6 Å². The zero-order chi connectivity index (χ0) is 14.4. The molecular formula is C18H24O2. The van der Waals surface area contributed by atoms with E-state index in [2.05, 4.69) is 6.92 Å². The highest BCUT2D eigenvalue weighted by Gasteiger charge is 2.40. The molecule has 1 aliphatic rings. The summed E-state index contributed by atoms with van der Waals surface area (Å²) in [6.07, 6.45) is 9.65. The number of carboxylic acid groups (broad SMARTS) is 1. The second kappa shape index (κ2) is 6.74. The molecule has 1 N–H and O–H groups in total. The van der Waals surface area contributed by atoms with Crippen LogP contribution in [0.2, 0.25) is 0 Å². The highest BCUT2D eigenvalue weighted by molar-refractivity contribution is 5.75. The largest absolute Gasteiger partial charge is 0.481 e. The van der Waals surface area contributed by atoms with Crippen molar-refractivity contribution in [1.29, 1.82) is 0 Å². The van der Waals surface area contributed by atoms with E-state index < -0.39 is 11.4 Å². The first-order valence-electron chi connectivity index (χ1n) is 7.61. The smallest absolute Gasteiger partial charge is 0.309 e. The van der Waals surface area contributed by atoms with Gasteiger partial charge in [0.05, 0.1) is 5.41 Å². The van der Waals surface area contributed by atoms with Crippen molar-refractivity contribution in [1.82, 2.24) is 0 Å². The summed E-state index contributed by atoms with van der Waals surface area (Å²) in [5.74, 6) is 0.102. The van der Waals surface area contributed by atoms with E-state index in [1.54, 1.807) is 0 Å². The van der Waals surface area contributed by atoms with Crippen LogP contribution in [0.3, 0.4) is 0 Å². The molecule has 0 heterocycles. The summed E-state index contributed by atoms with van der Waals surface area (Å²) in [6.45, 7) is 2.20. The number of carbonyl (C=O) groups is 1. The van der Waals surface area contributed by atoms with E-state index in [1.807, 2.05) is 42.5 Å². The topological polar surface area (TPSA) is 37.3 Å². The zero-order valence-electron chi connectivity index (χ0n) is 12.2. The maximum atomic E-state index is 11.7. The summed E-state index contributed by atoms with van der Waals surface area (Å²) >= 11 is 0. The molecular weight excluding hydrogens is 248 g/mol. The summed E-state index contributed by atoms with van der Waals surface area (Å²) < 4.78 is 0. The lowest BCUT2D eigenvalue weighted by atomic mass is 9.68. The van der Waals surface area contributed by atoms with Gasteiger partial charge in [0.2, 0.25) is 0 Å². The van der Waals surface area contributed by atoms with Crippen LogP contribution in [0.25, 0.3) is 6.08 Å². The van der Waals surface area contributed by atoms with Gasteiger partial charge in [-0.1, -0.05) is 55.8 Å². The molecule has 0 aliphatic heterocycles. The summed E-state index contributed by atoms with van der Waals surface area (Å²) in [4.78, 5) is 11.7. The van der Waals surface area contributed by atoms with Crippen LogP contribution in [0, 0.1) is 11.3 Å². The Kier molecular flexibility index (Phi) is 4.99. The molecule has 0 aromatic heterocycles. The summed E-state index contributed by atoms with van der Waals surface area (Å²) in [5, 5.41) is 9.61. The third-order valence-corrected chi connectivity index (χ3v) is 4.71. The minimum absolute atomic E-state index is 0.531. The molecule has 1 saturated carbocycles. The molecule has 2 heteroatoms. The van der Waals surface area contributed by atoms with E-state index >= 15 is 0 Å². The van der Waals surface area contributed by atoms with Crippen molar-refractivity contribution in [3.05, 3.63) is 42.0 Å². The van der Waals surface area contributed by atoms with Crippen LogP contribution in [0.4, 0.5) is 0 Å². The Bertz CT molecular complexity index is 454. The standard InChI is InChI=1S/C18H24O2/c1-2-15-10-13-18(14-11-15,17(19)20)12-6-9-16-7-4-3-5-8-16/h3-9,15H,2,10-14H2,1H3,(H,19,20). The molecule has 1 aliphatic carbocycles. The quantitative estimate of drug-likeness (QED) is 0.839. The lowest BCUT2D eigenvalue weighted by molar-refractivity contribution is -0.151. The van der Waals surface area contributed by atoms with Crippen molar-refractivity contribution in [2.45, 2.75) is 45.4 Å². The van der Waals surface area contributed by atoms with Crippen LogP contribution in [0.1, 0.15) is 51.0 Å². The number of benzene rings is 1. The molecule has 1 aromatic carbocycles. The number of allylic oxidation sites excluding steroid dienone is 1. The fourth-order valence-corrected chi connectivity index (χ4v) is 3.13. The minimum Gasteiger partial charge on any atom is -0.481 e. The molecule has 0 radical (unpaired) electrons. The molecule has 0 atom stereocenters. The molecule has 0 saturated heterocycles. The van der Waals surface area contributed by atoms with Gasteiger partial charge in [0.15, 0.2) is 0 Å². The lowest BCUT2D eigenvalue weighted by Crippen LogP contribution is -2.35. The van der Waals surface area contributed by atoms with E-state index in [1.165, 1.54) is 6.42 Å². The van der Waals surface area contributed by atoms with Gasteiger partial charge in [0.25, 0.3) is 0 Å². The van der Waals surface area contributed by atoms with Crippen molar-refractivity contribution in [2.24, 2.45) is 11.3 Å². The molecule has 20 heavy (non-hydrogen) atoms. The second-order valence-electron chi connectivity index (χ2n) is 5.95. The third-order valence-electron chi connectivity index (χ3n) is 4.71. The molecule has 0 amide bonds. The van der Waals surface area contributed by atoms with Crippen LogP contribution in [0.5, 0.6) is 0 Å². The molecule has 1 fully saturated rings. The van der Waals surface area contributed by atoms with Gasteiger partial charge in [-0.3, -0.25) is 4.79 Å². The average Bonchev–Trinajstić information content (AvgIpc) is 2.49. The second-order valence-corrected chi connectivity index (χ2v) is 5.95. The van der Waals surface area contributed by atoms with Gasteiger partial charge in [-0.25, -0.2) is 0 Å². The highest BCUT2D eigenvalue weighted by Crippen LogP contribution is 2.43. The van der Waals surface area contributed by atoms with Gasteiger partial charge in [-0.2, -0.15) is 0 Å². The molecule has 108 valence electrons. The van der Waals surface area contributed by atoms with Gasteiger partial charge in [-0.15, -0.1) is 0 Å². The maximum absolute atomic E-state index is 11.7. The number of carboxylic acids is 1. The fourth-order valence-electron chi connectivity index (χ4n) is 3.13. The number of hydrogen-bond donors (Lipinski definition) is 1. The monoisotopic (exact) mass is 272 g/mol.